The van der Waals surface area contributed by atoms with Crippen molar-refractivity contribution in [3.63, 3.8) is 0 Å². The number of hydrogen-bond donors (Lipinski definition) is 1. The van der Waals surface area contributed by atoms with Gasteiger partial charge in [0.2, 0.25) is 0 Å². The highest BCUT2D eigenvalue weighted by Crippen LogP contribution is 2.30. The molecule has 112 valence electrons. The number of benzene rings is 1. The van der Waals surface area contributed by atoms with Crippen molar-refractivity contribution < 1.29 is 4.92 Å². The summed E-state index contributed by atoms with van der Waals surface area (Å²) >= 11 is 0. The summed E-state index contributed by atoms with van der Waals surface area (Å²) in [4.78, 5) is 10.8. The molecule has 0 aliphatic heterocycles. The fourth-order valence-corrected chi connectivity index (χ4v) is 2.30. The van der Waals surface area contributed by atoms with E-state index < -0.39 is 0 Å². The van der Waals surface area contributed by atoms with Crippen LogP contribution in [0.4, 0.5) is 11.4 Å². The third kappa shape index (κ3) is 4.83. The summed E-state index contributed by atoms with van der Waals surface area (Å²) in [6, 6.07) is 5.18. The second kappa shape index (κ2) is 7.27. The molecular formula is C16H26N2O2. The van der Waals surface area contributed by atoms with Gasteiger partial charge in [0.1, 0.15) is 5.69 Å². The molecule has 0 heterocycles. The topological polar surface area (TPSA) is 55.2 Å². The van der Waals surface area contributed by atoms with E-state index in [1.165, 1.54) is 19.3 Å². The largest absolute Gasteiger partial charge is 0.379 e. The number of anilines is 1. The normalized spacial score (nSPS) is 11.4. The summed E-state index contributed by atoms with van der Waals surface area (Å²) in [6.07, 6.45) is 4.80. The summed E-state index contributed by atoms with van der Waals surface area (Å²) in [5.74, 6) is 0. The lowest BCUT2D eigenvalue weighted by Gasteiger charge is -2.26. The standard InChI is InChI=1S/C16H26N2O2/c1-5-6-7-11-16(3,4)12-17-15-13(2)9-8-10-14(15)18(19)20/h8-10,17H,5-7,11-12H2,1-4H3. The third-order valence-corrected chi connectivity index (χ3v) is 3.65. The van der Waals surface area contributed by atoms with Gasteiger partial charge in [-0.15, -0.1) is 0 Å². The molecule has 1 rings (SSSR count). The van der Waals surface area contributed by atoms with Crippen LogP contribution in [0.15, 0.2) is 18.2 Å². The quantitative estimate of drug-likeness (QED) is 0.417. The Kier molecular flexibility index (Phi) is 5.99. The van der Waals surface area contributed by atoms with Crippen molar-refractivity contribution in [2.24, 2.45) is 5.41 Å². The van der Waals surface area contributed by atoms with Crippen LogP contribution in [0.2, 0.25) is 0 Å². The Balaban J connectivity index is 2.72. The first-order chi connectivity index (χ1) is 9.37. The number of aryl methyl sites for hydroxylation is 1. The highest BCUT2D eigenvalue weighted by atomic mass is 16.6. The van der Waals surface area contributed by atoms with Crippen LogP contribution in [0, 0.1) is 22.5 Å². The van der Waals surface area contributed by atoms with Gasteiger partial charge in [-0.3, -0.25) is 10.1 Å². The first-order valence-electron chi connectivity index (χ1n) is 7.35. The van der Waals surface area contributed by atoms with Crippen LogP contribution in [0.5, 0.6) is 0 Å². The molecule has 0 amide bonds. The van der Waals surface area contributed by atoms with E-state index in [2.05, 4.69) is 26.1 Å². The minimum atomic E-state index is -0.320. The summed E-state index contributed by atoms with van der Waals surface area (Å²) in [5, 5.41) is 14.4. The van der Waals surface area contributed by atoms with E-state index in [9.17, 15) is 10.1 Å². The predicted octanol–water partition coefficient (Wildman–Crippen LogP) is 4.92. The van der Waals surface area contributed by atoms with Crippen LogP contribution in [0.3, 0.4) is 0 Å². The van der Waals surface area contributed by atoms with E-state index in [-0.39, 0.29) is 16.0 Å². The minimum Gasteiger partial charge on any atom is -0.379 e. The average Bonchev–Trinajstić information content (AvgIpc) is 2.37. The first-order valence-corrected chi connectivity index (χ1v) is 7.35. The maximum atomic E-state index is 11.1. The molecule has 4 heteroatoms. The molecule has 0 atom stereocenters. The van der Waals surface area contributed by atoms with Gasteiger partial charge in [-0.2, -0.15) is 0 Å². The number of nitro benzene ring substituents is 1. The molecule has 0 fully saturated rings. The number of nitrogens with one attached hydrogen (secondary N) is 1. The summed E-state index contributed by atoms with van der Waals surface area (Å²) in [7, 11) is 0. The molecule has 20 heavy (non-hydrogen) atoms. The average molecular weight is 278 g/mol. The Labute approximate surface area is 121 Å². The van der Waals surface area contributed by atoms with Gasteiger partial charge in [0.25, 0.3) is 5.69 Å². The van der Waals surface area contributed by atoms with E-state index in [4.69, 9.17) is 0 Å². The van der Waals surface area contributed by atoms with Crippen molar-refractivity contribution in [1.82, 2.24) is 0 Å². The predicted molar refractivity (Wildman–Crippen MR) is 84.2 cm³/mol. The second-order valence-corrected chi connectivity index (χ2v) is 6.20. The lowest BCUT2D eigenvalue weighted by Crippen LogP contribution is -2.23. The van der Waals surface area contributed by atoms with Crippen LogP contribution in [-0.2, 0) is 0 Å². The summed E-state index contributed by atoms with van der Waals surface area (Å²) in [5.41, 5.74) is 1.88. The molecule has 4 nitrogen and oxygen atoms in total. The van der Waals surface area contributed by atoms with Crippen LogP contribution in [0.25, 0.3) is 0 Å². The summed E-state index contributed by atoms with van der Waals surface area (Å²) < 4.78 is 0. The van der Waals surface area contributed by atoms with E-state index in [1.54, 1.807) is 12.1 Å². The molecule has 0 spiro atoms. The van der Waals surface area contributed by atoms with Crippen molar-refractivity contribution >= 4 is 11.4 Å². The third-order valence-electron chi connectivity index (χ3n) is 3.65. The Bertz CT molecular complexity index is 456. The molecular weight excluding hydrogens is 252 g/mol. The molecule has 1 aromatic carbocycles. The highest BCUT2D eigenvalue weighted by Gasteiger charge is 2.20. The van der Waals surface area contributed by atoms with Crippen molar-refractivity contribution in [1.29, 1.82) is 0 Å². The number of unbranched alkanes of at least 4 members (excludes halogenated alkanes) is 2. The van der Waals surface area contributed by atoms with Gasteiger partial charge < -0.3 is 5.32 Å². The highest BCUT2D eigenvalue weighted by molar-refractivity contribution is 5.66. The van der Waals surface area contributed by atoms with Gasteiger partial charge in [-0.05, 0) is 24.3 Å². The molecule has 1 N–H and O–H groups in total. The van der Waals surface area contributed by atoms with Crippen LogP contribution in [-0.4, -0.2) is 11.5 Å². The Morgan fingerprint density at radius 2 is 2.00 bits per heavy atom. The van der Waals surface area contributed by atoms with Crippen molar-refractivity contribution in [3.05, 3.63) is 33.9 Å². The van der Waals surface area contributed by atoms with Crippen molar-refractivity contribution in [2.45, 2.75) is 53.4 Å². The zero-order valence-electron chi connectivity index (χ0n) is 13.0. The SMILES string of the molecule is CCCCCC(C)(C)CNc1c(C)cccc1[N+](=O)[O-]. The minimum absolute atomic E-state index is 0.144. The van der Waals surface area contributed by atoms with Crippen molar-refractivity contribution in [2.75, 3.05) is 11.9 Å². The zero-order valence-corrected chi connectivity index (χ0v) is 13.0. The molecule has 0 aliphatic carbocycles. The van der Waals surface area contributed by atoms with Crippen LogP contribution < -0.4 is 5.32 Å². The molecule has 0 radical (unpaired) electrons. The van der Waals surface area contributed by atoms with E-state index in [0.29, 0.717) is 5.69 Å². The van der Waals surface area contributed by atoms with E-state index >= 15 is 0 Å². The zero-order chi connectivity index (χ0) is 15.2. The van der Waals surface area contributed by atoms with Gasteiger partial charge in [0, 0.05) is 12.6 Å². The van der Waals surface area contributed by atoms with Gasteiger partial charge in [0.05, 0.1) is 4.92 Å². The summed E-state index contributed by atoms with van der Waals surface area (Å²) in [6.45, 7) is 9.27. The molecule has 0 saturated carbocycles. The number of nitrogens with zero attached hydrogens (tertiary/aromatic N) is 1. The number of para-hydroxylation sites is 1. The van der Waals surface area contributed by atoms with Crippen LogP contribution >= 0.6 is 0 Å². The molecule has 0 aromatic heterocycles. The number of hydrogen-bond acceptors (Lipinski definition) is 3. The Hall–Kier alpha value is -1.58. The lowest BCUT2D eigenvalue weighted by molar-refractivity contribution is -0.384. The number of rotatable bonds is 8. The van der Waals surface area contributed by atoms with E-state index in [1.807, 2.05) is 13.0 Å². The molecule has 0 saturated heterocycles. The number of nitro groups is 1. The van der Waals surface area contributed by atoms with Gasteiger partial charge in [-0.1, -0.05) is 52.2 Å². The maximum Gasteiger partial charge on any atom is 0.292 e. The lowest BCUT2D eigenvalue weighted by atomic mass is 9.86. The van der Waals surface area contributed by atoms with Gasteiger partial charge in [-0.25, -0.2) is 0 Å². The van der Waals surface area contributed by atoms with Crippen LogP contribution in [0.1, 0.15) is 52.0 Å². The second-order valence-electron chi connectivity index (χ2n) is 6.20. The molecule has 0 unspecified atom stereocenters. The fraction of sp³-hybridized carbons (Fsp3) is 0.625. The smallest absolute Gasteiger partial charge is 0.292 e. The van der Waals surface area contributed by atoms with Crippen molar-refractivity contribution in [3.8, 4) is 0 Å². The maximum absolute atomic E-state index is 11.1. The molecule has 0 bridgehead atoms. The fourth-order valence-electron chi connectivity index (χ4n) is 2.30. The monoisotopic (exact) mass is 278 g/mol. The Morgan fingerprint density at radius 3 is 2.60 bits per heavy atom. The van der Waals surface area contributed by atoms with Gasteiger partial charge >= 0.3 is 0 Å². The Morgan fingerprint density at radius 1 is 1.30 bits per heavy atom. The van der Waals surface area contributed by atoms with E-state index in [0.717, 1.165) is 18.5 Å². The molecule has 0 aliphatic rings. The van der Waals surface area contributed by atoms with Gasteiger partial charge in [0.15, 0.2) is 0 Å². The molecule has 1 aromatic rings. The first kappa shape index (κ1) is 16.5.